The fourth-order valence-corrected chi connectivity index (χ4v) is 1.96. The summed E-state index contributed by atoms with van der Waals surface area (Å²) in [6, 6.07) is 0. The van der Waals surface area contributed by atoms with Gasteiger partial charge in [0, 0.05) is 12.8 Å². The van der Waals surface area contributed by atoms with Crippen LogP contribution in [0.5, 0.6) is 0 Å². The first kappa shape index (κ1) is 12.2. The van der Waals surface area contributed by atoms with E-state index in [2.05, 4.69) is 0 Å². The van der Waals surface area contributed by atoms with E-state index in [1.54, 1.807) is 0 Å². The van der Waals surface area contributed by atoms with Crippen molar-refractivity contribution in [1.82, 2.24) is 0 Å². The number of rotatable bonds is 2. The summed E-state index contributed by atoms with van der Waals surface area (Å²) in [5, 5.41) is 28.2. The smallest absolute Gasteiger partial charge is 0.184 e. The van der Waals surface area contributed by atoms with Gasteiger partial charge >= 0.3 is 0 Å². The van der Waals surface area contributed by atoms with E-state index in [1.807, 2.05) is 0 Å². The van der Waals surface area contributed by atoms with Crippen molar-refractivity contribution in [2.45, 2.75) is 43.5 Å². The molecule has 0 amide bonds. The number of aliphatic hydroxyl groups excluding tert-OH is 3. The van der Waals surface area contributed by atoms with E-state index in [-0.39, 0.29) is 19.1 Å². The molecule has 4 unspecified atom stereocenters. The molecule has 2 aliphatic rings. The molecule has 2 aliphatic heterocycles. The van der Waals surface area contributed by atoms with Crippen molar-refractivity contribution < 1.29 is 29.5 Å². The fraction of sp³-hybridized carbons (Fsp3) is 1.00. The van der Waals surface area contributed by atoms with Crippen LogP contribution in [0.25, 0.3) is 0 Å². The highest BCUT2D eigenvalue weighted by Crippen LogP contribution is 2.20. The van der Waals surface area contributed by atoms with Crippen molar-refractivity contribution in [1.29, 1.82) is 0 Å². The zero-order valence-corrected chi connectivity index (χ0v) is 8.99. The number of hydrogen-bond donors (Lipinski definition) is 3. The molecule has 0 saturated carbocycles. The van der Waals surface area contributed by atoms with Crippen molar-refractivity contribution in [2.75, 3.05) is 19.8 Å². The van der Waals surface area contributed by atoms with Gasteiger partial charge in [-0.1, -0.05) is 0 Å². The molecule has 0 bridgehead atoms. The highest BCUT2D eigenvalue weighted by atomic mass is 16.7. The Hall–Kier alpha value is -0.240. The standard InChI is InChI=1S/C10H18O6/c11-6-1-8(5-14-3-6)16-10-9(13)2-7(12)4-15-10/h6-13H,1-5H2/t6?,7?,8?,9?,10-/m0/s1. The van der Waals surface area contributed by atoms with Crippen LogP contribution in [0.15, 0.2) is 0 Å². The van der Waals surface area contributed by atoms with Gasteiger partial charge in [-0.25, -0.2) is 0 Å². The summed E-state index contributed by atoms with van der Waals surface area (Å²) in [4.78, 5) is 0. The molecule has 6 nitrogen and oxygen atoms in total. The first-order valence-electron chi connectivity index (χ1n) is 5.54. The van der Waals surface area contributed by atoms with Crippen molar-refractivity contribution in [3.05, 3.63) is 0 Å². The van der Waals surface area contributed by atoms with Gasteiger partial charge in [0.05, 0.1) is 38.1 Å². The maximum Gasteiger partial charge on any atom is 0.184 e. The minimum absolute atomic E-state index is 0.165. The average molecular weight is 234 g/mol. The molecule has 16 heavy (non-hydrogen) atoms. The van der Waals surface area contributed by atoms with Gasteiger partial charge in [-0.2, -0.15) is 0 Å². The second-order valence-electron chi connectivity index (χ2n) is 4.34. The van der Waals surface area contributed by atoms with Crippen LogP contribution in [-0.4, -0.2) is 65.8 Å². The highest BCUT2D eigenvalue weighted by Gasteiger charge is 2.33. The summed E-state index contributed by atoms with van der Waals surface area (Å²) in [5.41, 5.74) is 0. The molecule has 2 fully saturated rings. The van der Waals surface area contributed by atoms with Crippen molar-refractivity contribution >= 4 is 0 Å². The monoisotopic (exact) mass is 234 g/mol. The van der Waals surface area contributed by atoms with Crippen LogP contribution in [0.4, 0.5) is 0 Å². The Morgan fingerprint density at radius 2 is 1.69 bits per heavy atom. The first-order valence-corrected chi connectivity index (χ1v) is 5.54. The highest BCUT2D eigenvalue weighted by molar-refractivity contribution is 4.76. The van der Waals surface area contributed by atoms with E-state index in [1.165, 1.54) is 0 Å². The minimum atomic E-state index is -0.831. The molecule has 2 saturated heterocycles. The molecule has 0 spiro atoms. The maximum atomic E-state index is 9.62. The summed E-state index contributed by atoms with van der Waals surface area (Å²) < 4.78 is 15.8. The van der Waals surface area contributed by atoms with Gasteiger partial charge in [-0.3, -0.25) is 0 Å². The largest absolute Gasteiger partial charge is 0.391 e. The lowest BCUT2D eigenvalue weighted by molar-refractivity contribution is -0.266. The van der Waals surface area contributed by atoms with Crippen LogP contribution in [-0.2, 0) is 14.2 Å². The van der Waals surface area contributed by atoms with Gasteiger partial charge in [0.1, 0.15) is 6.10 Å². The summed E-state index contributed by atoms with van der Waals surface area (Å²) in [7, 11) is 0. The first-order chi connectivity index (χ1) is 7.65. The molecule has 94 valence electrons. The Balaban J connectivity index is 1.80. The Bertz CT molecular complexity index is 223. The molecule has 0 aromatic heterocycles. The van der Waals surface area contributed by atoms with E-state index in [9.17, 15) is 15.3 Å². The molecule has 0 radical (unpaired) electrons. The van der Waals surface area contributed by atoms with E-state index < -0.39 is 24.6 Å². The Labute approximate surface area is 93.7 Å². The molecule has 5 atom stereocenters. The normalized spacial score (nSPS) is 45.6. The molecule has 2 heterocycles. The molecule has 2 rings (SSSR count). The van der Waals surface area contributed by atoms with E-state index in [0.29, 0.717) is 19.6 Å². The molecule has 0 aromatic carbocycles. The second-order valence-corrected chi connectivity index (χ2v) is 4.34. The van der Waals surface area contributed by atoms with Crippen LogP contribution in [0.1, 0.15) is 12.8 Å². The lowest BCUT2D eigenvalue weighted by Crippen LogP contribution is -2.46. The van der Waals surface area contributed by atoms with Crippen LogP contribution < -0.4 is 0 Å². The quantitative estimate of drug-likeness (QED) is 0.546. The summed E-state index contributed by atoms with van der Waals surface area (Å²) >= 11 is 0. The van der Waals surface area contributed by atoms with Gasteiger partial charge in [-0.15, -0.1) is 0 Å². The second kappa shape index (κ2) is 5.39. The van der Waals surface area contributed by atoms with Crippen LogP contribution in [0.3, 0.4) is 0 Å². The van der Waals surface area contributed by atoms with E-state index in [0.717, 1.165) is 0 Å². The van der Waals surface area contributed by atoms with E-state index >= 15 is 0 Å². The topological polar surface area (TPSA) is 88.4 Å². The third-order valence-corrected chi connectivity index (χ3v) is 2.76. The third kappa shape index (κ3) is 3.13. The minimum Gasteiger partial charge on any atom is -0.391 e. The number of hydrogen-bond acceptors (Lipinski definition) is 6. The zero-order chi connectivity index (χ0) is 11.5. The SMILES string of the molecule is OC1COCC(O[C@@H]2OCC(O)CC2O)C1. The van der Waals surface area contributed by atoms with Crippen LogP contribution in [0.2, 0.25) is 0 Å². The van der Waals surface area contributed by atoms with E-state index in [4.69, 9.17) is 14.2 Å². The Morgan fingerprint density at radius 1 is 0.938 bits per heavy atom. The molecule has 0 aromatic rings. The van der Waals surface area contributed by atoms with Crippen molar-refractivity contribution in [2.24, 2.45) is 0 Å². The average Bonchev–Trinajstić information content (AvgIpc) is 2.22. The lowest BCUT2D eigenvalue weighted by atomic mass is 10.1. The summed E-state index contributed by atoms with van der Waals surface area (Å²) in [6.45, 7) is 0.886. The fourth-order valence-electron chi connectivity index (χ4n) is 1.96. The van der Waals surface area contributed by atoms with Gasteiger partial charge in [0.15, 0.2) is 6.29 Å². The molecule has 6 heteroatoms. The third-order valence-electron chi connectivity index (χ3n) is 2.76. The maximum absolute atomic E-state index is 9.62. The van der Waals surface area contributed by atoms with Crippen LogP contribution in [0, 0.1) is 0 Å². The van der Waals surface area contributed by atoms with Crippen LogP contribution >= 0.6 is 0 Å². The van der Waals surface area contributed by atoms with Gasteiger partial charge in [0.25, 0.3) is 0 Å². The van der Waals surface area contributed by atoms with Crippen molar-refractivity contribution in [3.8, 4) is 0 Å². The predicted molar refractivity (Wildman–Crippen MR) is 52.7 cm³/mol. The molecular formula is C10H18O6. The molecular weight excluding hydrogens is 216 g/mol. The number of ether oxygens (including phenoxy) is 3. The predicted octanol–water partition coefficient (Wildman–Crippen LogP) is -1.38. The lowest BCUT2D eigenvalue weighted by Gasteiger charge is -2.35. The summed E-state index contributed by atoms with van der Waals surface area (Å²) in [6.07, 6.45) is -2.26. The summed E-state index contributed by atoms with van der Waals surface area (Å²) in [5.74, 6) is 0. The van der Waals surface area contributed by atoms with Gasteiger partial charge < -0.3 is 29.5 Å². The Morgan fingerprint density at radius 3 is 2.38 bits per heavy atom. The van der Waals surface area contributed by atoms with Gasteiger partial charge in [-0.05, 0) is 0 Å². The van der Waals surface area contributed by atoms with Gasteiger partial charge in [0.2, 0.25) is 0 Å². The Kier molecular flexibility index (Phi) is 4.12. The number of aliphatic hydroxyl groups is 3. The molecule has 3 N–H and O–H groups in total. The zero-order valence-electron chi connectivity index (χ0n) is 8.99. The molecule has 0 aliphatic carbocycles. The van der Waals surface area contributed by atoms with Crippen molar-refractivity contribution in [3.63, 3.8) is 0 Å².